The second-order valence-electron chi connectivity index (χ2n) is 7.46. The lowest BCUT2D eigenvalue weighted by atomic mass is 9.83. The zero-order valence-electron chi connectivity index (χ0n) is 16.6. The molecule has 0 radical (unpaired) electrons. The summed E-state index contributed by atoms with van der Waals surface area (Å²) in [6, 6.07) is 10.0. The molecule has 160 valence electrons. The van der Waals surface area contributed by atoms with Crippen LogP contribution in [0.3, 0.4) is 0 Å². The molecule has 8 heteroatoms. The van der Waals surface area contributed by atoms with E-state index in [1.54, 1.807) is 30.3 Å². The van der Waals surface area contributed by atoms with Gasteiger partial charge in [0.1, 0.15) is 12.4 Å². The van der Waals surface area contributed by atoms with Crippen molar-refractivity contribution in [1.82, 2.24) is 4.98 Å². The van der Waals surface area contributed by atoms with E-state index in [-0.39, 0.29) is 12.4 Å². The van der Waals surface area contributed by atoms with Crippen molar-refractivity contribution in [2.24, 2.45) is 11.8 Å². The van der Waals surface area contributed by atoms with Crippen LogP contribution >= 0.6 is 0 Å². The Morgan fingerprint density at radius 2 is 1.70 bits per heavy atom. The minimum absolute atomic E-state index is 0.259. The molecular weight excluding hydrogens is 391 g/mol. The molecule has 1 amide bonds. The Hall–Kier alpha value is -3.00. The summed E-state index contributed by atoms with van der Waals surface area (Å²) in [5.74, 6) is -0.674. The molecule has 3 rings (SSSR count). The smallest absolute Gasteiger partial charge is 0.411 e. The van der Waals surface area contributed by atoms with Crippen molar-refractivity contribution in [3.8, 4) is 11.3 Å². The molecule has 0 aliphatic heterocycles. The van der Waals surface area contributed by atoms with Crippen LogP contribution in [-0.4, -0.2) is 42.0 Å². The van der Waals surface area contributed by atoms with Crippen molar-refractivity contribution in [2.45, 2.75) is 25.7 Å². The fraction of sp³-hybridized carbons (Fsp3) is 0.409. The normalized spacial score (nSPS) is 18.6. The highest BCUT2D eigenvalue weighted by Gasteiger charge is 2.22. The van der Waals surface area contributed by atoms with Gasteiger partial charge in [-0.05, 0) is 61.8 Å². The van der Waals surface area contributed by atoms with Crippen LogP contribution in [0.2, 0.25) is 0 Å². The standard InChI is InChI=1S/C22H25FN2O5/c23-18-7-10-20(24-11-18)17-5-8-19(9-6-17)25-22(28)30-13-16-3-1-15(2-4-16)12-29-14-21(26)27/h5-11,15-16H,1-4,12-14H2,(H,25,28)(H,26,27). The Balaban J connectivity index is 1.37. The minimum Gasteiger partial charge on any atom is -0.480 e. The number of nitrogens with one attached hydrogen (secondary N) is 1. The van der Waals surface area contributed by atoms with Crippen LogP contribution in [0.25, 0.3) is 11.3 Å². The monoisotopic (exact) mass is 416 g/mol. The first-order valence-corrected chi connectivity index (χ1v) is 9.95. The summed E-state index contributed by atoms with van der Waals surface area (Å²) < 4.78 is 23.5. The van der Waals surface area contributed by atoms with Crippen molar-refractivity contribution in [3.05, 3.63) is 48.4 Å². The number of aliphatic carboxylic acids is 1. The van der Waals surface area contributed by atoms with Crippen molar-refractivity contribution >= 4 is 17.7 Å². The number of halogens is 1. The number of pyridine rings is 1. The Morgan fingerprint density at radius 1 is 1.03 bits per heavy atom. The van der Waals surface area contributed by atoms with E-state index >= 15 is 0 Å². The van der Waals surface area contributed by atoms with Gasteiger partial charge in [0.05, 0.1) is 25.1 Å². The van der Waals surface area contributed by atoms with Crippen molar-refractivity contribution in [2.75, 3.05) is 25.1 Å². The molecule has 1 aromatic carbocycles. The van der Waals surface area contributed by atoms with E-state index in [4.69, 9.17) is 14.6 Å². The lowest BCUT2D eigenvalue weighted by molar-refractivity contribution is -0.142. The lowest BCUT2D eigenvalue weighted by Gasteiger charge is -2.27. The number of carbonyl (C=O) groups is 2. The van der Waals surface area contributed by atoms with Gasteiger partial charge in [0.25, 0.3) is 0 Å². The van der Waals surface area contributed by atoms with E-state index < -0.39 is 12.1 Å². The van der Waals surface area contributed by atoms with Gasteiger partial charge in [0.15, 0.2) is 0 Å². The number of aromatic nitrogens is 1. The summed E-state index contributed by atoms with van der Waals surface area (Å²) in [5, 5.41) is 11.3. The first-order chi connectivity index (χ1) is 14.5. The first kappa shape index (κ1) is 21.7. The molecule has 0 saturated heterocycles. The molecule has 7 nitrogen and oxygen atoms in total. The fourth-order valence-corrected chi connectivity index (χ4v) is 3.50. The Labute approximate surface area is 174 Å². The summed E-state index contributed by atoms with van der Waals surface area (Å²) in [6.45, 7) is 0.556. The van der Waals surface area contributed by atoms with Crippen LogP contribution in [0.4, 0.5) is 14.9 Å². The average molecular weight is 416 g/mol. The van der Waals surface area contributed by atoms with Crippen molar-refractivity contribution in [3.63, 3.8) is 0 Å². The molecule has 0 atom stereocenters. The molecule has 2 N–H and O–H groups in total. The largest absolute Gasteiger partial charge is 0.480 e. The molecule has 2 aromatic rings. The Kier molecular flexibility index (Phi) is 7.73. The number of benzene rings is 1. The number of carboxylic acid groups (broad SMARTS) is 1. The van der Waals surface area contributed by atoms with Gasteiger partial charge in [-0.3, -0.25) is 10.3 Å². The molecule has 0 bridgehead atoms. The average Bonchev–Trinajstić information content (AvgIpc) is 2.74. The van der Waals surface area contributed by atoms with Crippen LogP contribution in [-0.2, 0) is 14.3 Å². The molecular formula is C22H25FN2O5. The number of carboxylic acids is 1. The maximum Gasteiger partial charge on any atom is 0.411 e. The Morgan fingerprint density at radius 3 is 2.30 bits per heavy atom. The molecule has 1 heterocycles. The van der Waals surface area contributed by atoms with Gasteiger partial charge < -0.3 is 14.6 Å². The minimum atomic E-state index is -0.954. The number of hydrogen-bond acceptors (Lipinski definition) is 5. The van der Waals surface area contributed by atoms with Gasteiger partial charge in [0.2, 0.25) is 0 Å². The number of hydrogen-bond donors (Lipinski definition) is 2. The predicted octanol–water partition coefficient (Wildman–Crippen LogP) is 4.34. The highest BCUT2D eigenvalue weighted by atomic mass is 19.1. The topological polar surface area (TPSA) is 97.8 Å². The second kappa shape index (κ2) is 10.7. The maximum absolute atomic E-state index is 13.0. The summed E-state index contributed by atoms with van der Waals surface area (Å²) in [4.78, 5) is 26.6. The molecule has 30 heavy (non-hydrogen) atoms. The van der Waals surface area contributed by atoms with Gasteiger partial charge in [-0.15, -0.1) is 0 Å². The van der Waals surface area contributed by atoms with Crippen LogP contribution in [0.5, 0.6) is 0 Å². The summed E-state index contributed by atoms with van der Waals surface area (Å²) >= 11 is 0. The molecule has 1 aromatic heterocycles. The number of nitrogens with zero attached hydrogens (tertiary/aromatic N) is 1. The predicted molar refractivity (Wildman–Crippen MR) is 109 cm³/mol. The zero-order valence-corrected chi connectivity index (χ0v) is 16.6. The third-order valence-corrected chi connectivity index (χ3v) is 5.15. The van der Waals surface area contributed by atoms with E-state index in [1.807, 2.05) is 0 Å². The van der Waals surface area contributed by atoms with E-state index in [0.717, 1.165) is 37.4 Å². The fourth-order valence-electron chi connectivity index (χ4n) is 3.50. The van der Waals surface area contributed by atoms with E-state index in [1.165, 1.54) is 6.07 Å². The Bertz CT molecular complexity index is 834. The van der Waals surface area contributed by atoms with Gasteiger partial charge in [-0.1, -0.05) is 12.1 Å². The molecule has 1 saturated carbocycles. The van der Waals surface area contributed by atoms with Gasteiger partial charge in [-0.2, -0.15) is 0 Å². The molecule has 0 spiro atoms. The first-order valence-electron chi connectivity index (χ1n) is 9.95. The second-order valence-corrected chi connectivity index (χ2v) is 7.46. The van der Waals surface area contributed by atoms with E-state index in [0.29, 0.717) is 36.4 Å². The quantitative estimate of drug-likeness (QED) is 0.664. The molecule has 0 unspecified atom stereocenters. The van der Waals surface area contributed by atoms with Crippen LogP contribution < -0.4 is 5.32 Å². The number of rotatable bonds is 8. The van der Waals surface area contributed by atoms with Crippen LogP contribution in [0, 0.1) is 17.7 Å². The molecule has 1 aliphatic carbocycles. The maximum atomic E-state index is 13.0. The van der Waals surface area contributed by atoms with Gasteiger partial charge >= 0.3 is 12.1 Å². The van der Waals surface area contributed by atoms with Gasteiger partial charge in [-0.25, -0.2) is 14.0 Å². The molecule has 1 aliphatic rings. The number of ether oxygens (including phenoxy) is 2. The summed E-state index contributed by atoms with van der Waals surface area (Å²) in [6.07, 6.45) is 4.38. The third-order valence-electron chi connectivity index (χ3n) is 5.15. The number of carbonyl (C=O) groups excluding carboxylic acids is 1. The summed E-state index contributed by atoms with van der Waals surface area (Å²) in [5.41, 5.74) is 2.07. The van der Waals surface area contributed by atoms with Crippen LogP contribution in [0.1, 0.15) is 25.7 Å². The zero-order chi connectivity index (χ0) is 21.3. The highest BCUT2D eigenvalue weighted by molar-refractivity contribution is 5.85. The SMILES string of the molecule is O=C(O)COCC1CCC(COC(=O)Nc2ccc(-c3ccc(F)cn3)cc2)CC1. The number of anilines is 1. The molecule has 1 fully saturated rings. The third kappa shape index (κ3) is 6.81. The number of amides is 1. The summed E-state index contributed by atoms with van der Waals surface area (Å²) in [7, 11) is 0. The highest BCUT2D eigenvalue weighted by Crippen LogP contribution is 2.29. The lowest BCUT2D eigenvalue weighted by Crippen LogP contribution is -2.25. The van der Waals surface area contributed by atoms with E-state index in [9.17, 15) is 14.0 Å². The van der Waals surface area contributed by atoms with Gasteiger partial charge in [0, 0.05) is 11.3 Å². The van der Waals surface area contributed by atoms with Crippen molar-refractivity contribution in [1.29, 1.82) is 0 Å². The van der Waals surface area contributed by atoms with Crippen molar-refractivity contribution < 1.29 is 28.6 Å². The van der Waals surface area contributed by atoms with E-state index in [2.05, 4.69) is 10.3 Å². The van der Waals surface area contributed by atoms with Crippen LogP contribution in [0.15, 0.2) is 42.6 Å².